The Morgan fingerprint density at radius 2 is 2.22 bits per heavy atom. The number of aromatic nitrogens is 2. The number of rotatable bonds is 4. The smallest absolute Gasteiger partial charge is 0.221 e. The van der Waals surface area contributed by atoms with Crippen LogP contribution in [0.3, 0.4) is 0 Å². The van der Waals surface area contributed by atoms with Crippen molar-refractivity contribution in [1.82, 2.24) is 14.5 Å². The first kappa shape index (κ1) is 15.7. The van der Waals surface area contributed by atoms with Crippen molar-refractivity contribution in [2.24, 2.45) is 11.7 Å². The molecule has 0 radical (unpaired) electrons. The molecule has 2 aromatic rings. The maximum absolute atomic E-state index is 11.5. The van der Waals surface area contributed by atoms with Crippen LogP contribution in [0.15, 0.2) is 36.9 Å². The molecule has 1 aliphatic rings. The number of amides is 1. The van der Waals surface area contributed by atoms with Gasteiger partial charge < -0.3 is 10.3 Å². The Balaban J connectivity index is 1.75. The average Bonchev–Trinajstić information content (AvgIpc) is 3.05. The number of imidazole rings is 1. The van der Waals surface area contributed by atoms with Crippen molar-refractivity contribution < 1.29 is 4.79 Å². The van der Waals surface area contributed by atoms with Crippen molar-refractivity contribution in [1.29, 1.82) is 0 Å². The Morgan fingerprint density at radius 1 is 1.39 bits per heavy atom. The van der Waals surface area contributed by atoms with Crippen molar-refractivity contribution in [2.75, 3.05) is 6.54 Å². The van der Waals surface area contributed by atoms with E-state index in [9.17, 15) is 4.79 Å². The minimum absolute atomic E-state index is 0.0169. The molecule has 0 spiro atoms. The molecule has 2 heterocycles. The van der Waals surface area contributed by atoms with Crippen molar-refractivity contribution in [3.05, 3.63) is 48.0 Å². The van der Waals surface area contributed by atoms with Gasteiger partial charge in [-0.1, -0.05) is 6.07 Å². The van der Waals surface area contributed by atoms with Gasteiger partial charge in [-0.05, 0) is 49.9 Å². The highest BCUT2D eigenvalue weighted by Crippen LogP contribution is 2.25. The van der Waals surface area contributed by atoms with Crippen molar-refractivity contribution in [3.8, 4) is 5.69 Å². The highest BCUT2D eigenvalue weighted by molar-refractivity contribution is 5.77. The molecule has 1 aromatic carbocycles. The van der Waals surface area contributed by atoms with Gasteiger partial charge in [0.2, 0.25) is 5.91 Å². The van der Waals surface area contributed by atoms with Crippen LogP contribution in [0.1, 0.15) is 30.9 Å². The van der Waals surface area contributed by atoms with Crippen molar-refractivity contribution in [3.63, 3.8) is 0 Å². The number of carbonyl (C=O) groups is 1. The average molecular weight is 312 g/mol. The lowest BCUT2D eigenvalue weighted by molar-refractivity contribution is -0.124. The van der Waals surface area contributed by atoms with Gasteiger partial charge in [0.05, 0.1) is 12.2 Å². The van der Waals surface area contributed by atoms with Crippen LogP contribution in [0.25, 0.3) is 5.69 Å². The fourth-order valence-electron chi connectivity index (χ4n) is 3.28. The Hall–Kier alpha value is -2.14. The van der Waals surface area contributed by atoms with Gasteiger partial charge in [-0.15, -0.1) is 0 Å². The molecular weight excluding hydrogens is 288 g/mol. The van der Waals surface area contributed by atoms with E-state index in [4.69, 9.17) is 5.73 Å². The first-order valence-corrected chi connectivity index (χ1v) is 8.16. The van der Waals surface area contributed by atoms with Gasteiger partial charge in [-0.3, -0.25) is 9.69 Å². The lowest BCUT2D eigenvalue weighted by Crippen LogP contribution is -2.45. The number of hydrogen-bond acceptors (Lipinski definition) is 3. The van der Waals surface area contributed by atoms with Crippen LogP contribution in [-0.4, -0.2) is 32.9 Å². The number of hydrogen-bond donors (Lipinski definition) is 1. The van der Waals surface area contributed by atoms with E-state index in [1.165, 1.54) is 11.1 Å². The zero-order valence-electron chi connectivity index (χ0n) is 13.8. The maximum Gasteiger partial charge on any atom is 0.221 e. The molecule has 1 fully saturated rings. The minimum Gasteiger partial charge on any atom is -0.369 e. The van der Waals surface area contributed by atoms with Crippen LogP contribution in [0, 0.1) is 12.8 Å². The van der Waals surface area contributed by atoms with Gasteiger partial charge in [0.1, 0.15) is 0 Å². The predicted octanol–water partition coefficient (Wildman–Crippen LogP) is 2.27. The van der Waals surface area contributed by atoms with Crippen molar-refractivity contribution >= 4 is 5.91 Å². The monoisotopic (exact) mass is 312 g/mol. The van der Waals surface area contributed by atoms with Gasteiger partial charge in [0, 0.05) is 37.2 Å². The third kappa shape index (κ3) is 3.45. The van der Waals surface area contributed by atoms with E-state index in [0.717, 1.165) is 31.6 Å². The topological polar surface area (TPSA) is 64.2 Å². The first-order valence-electron chi connectivity index (χ1n) is 8.16. The lowest BCUT2D eigenvalue weighted by atomic mass is 9.92. The molecule has 0 saturated carbocycles. The second kappa shape index (κ2) is 6.54. The highest BCUT2D eigenvalue weighted by atomic mass is 16.1. The van der Waals surface area contributed by atoms with E-state index in [1.54, 1.807) is 12.5 Å². The Labute approximate surface area is 137 Å². The third-order valence-corrected chi connectivity index (χ3v) is 4.92. The highest BCUT2D eigenvalue weighted by Gasteiger charge is 2.28. The normalized spacial score (nSPS) is 22.2. The molecule has 1 aromatic heterocycles. The van der Waals surface area contributed by atoms with Gasteiger partial charge in [0.15, 0.2) is 0 Å². The number of likely N-dealkylation sites (tertiary alicyclic amines) is 1. The molecule has 2 N–H and O–H groups in total. The summed E-state index contributed by atoms with van der Waals surface area (Å²) in [5.74, 6) is -0.189. The number of aryl methyl sites for hydroxylation is 1. The van der Waals surface area contributed by atoms with E-state index in [2.05, 4.69) is 41.9 Å². The summed E-state index contributed by atoms with van der Waals surface area (Å²) in [6.45, 7) is 5.99. The zero-order chi connectivity index (χ0) is 16.4. The molecule has 0 unspecified atom stereocenters. The van der Waals surface area contributed by atoms with E-state index in [1.807, 2.05) is 10.8 Å². The number of benzene rings is 1. The van der Waals surface area contributed by atoms with E-state index in [-0.39, 0.29) is 11.8 Å². The van der Waals surface area contributed by atoms with Crippen LogP contribution in [0.5, 0.6) is 0 Å². The van der Waals surface area contributed by atoms with Gasteiger partial charge in [-0.25, -0.2) is 4.98 Å². The molecule has 23 heavy (non-hydrogen) atoms. The number of primary amides is 1. The molecule has 1 saturated heterocycles. The summed E-state index contributed by atoms with van der Waals surface area (Å²) in [6.07, 6.45) is 7.46. The quantitative estimate of drug-likeness (QED) is 0.942. The van der Waals surface area contributed by atoms with Crippen LogP contribution in [0.2, 0.25) is 0 Å². The number of nitrogens with two attached hydrogens (primary N) is 1. The molecule has 3 rings (SSSR count). The summed E-state index contributed by atoms with van der Waals surface area (Å²) in [4.78, 5) is 18.0. The van der Waals surface area contributed by atoms with Gasteiger partial charge >= 0.3 is 0 Å². The summed E-state index contributed by atoms with van der Waals surface area (Å²) in [7, 11) is 0. The summed E-state index contributed by atoms with van der Waals surface area (Å²) in [5, 5.41) is 0. The van der Waals surface area contributed by atoms with E-state index < -0.39 is 0 Å². The molecule has 1 aliphatic heterocycles. The molecule has 122 valence electrons. The summed E-state index contributed by atoms with van der Waals surface area (Å²) in [6, 6.07) is 6.95. The molecule has 5 nitrogen and oxygen atoms in total. The van der Waals surface area contributed by atoms with Gasteiger partial charge in [0.25, 0.3) is 0 Å². The van der Waals surface area contributed by atoms with E-state index in [0.29, 0.717) is 6.04 Å². The van der Waals surface area contributed by atoms with Crippen LogP contribution < -0.4 is 5.73 Å². The van der Waals surface area contributed by atoms with E-state index >= 15 is 0 Å². The minimum atomic E-state index is -0.172. The Morgan fingerprint density at radius 3 is 2.87 bits per heavy atom. The maximum atomic E-state index is 11.5. The fourth-order valence-corrected chi connectivity index (χ4v) is 3.28. The van der Waals surface area contributed by atoms with Crippen LogP contribution >= 0.6 is 0 Å². The summed E-state index contributed by atoms with van der Waals surface area (Å²) >= 11 is 0. The Bertz CT molecular complexity index is 680. The number of carbonyl (C=O) groups excluding carboxylic acids is 1. The molecule has 1 amide bonds. The second-order valence-corrected chi connectivity index (χ2v) is 6.54. The van der Waals surface area contributed by atoms with Crippen LogP contribution in [-0.2, 0) is 11.3 Å². The molecule has 2 atom stereocenters. The number of piperidine rings is 1. The SMILES string of the molecule is Cc1cc(-n2ccnc2)ccc1CN1C[C@@H](C(N)=O)CC[C@H]1C. The number of nitrogens with zero attached hydrogens (tertiary/aromatic N) is 3. The third-order valence-electron chi connectivity index (χ3n) is 4.92. The Kier molecular flexibility index (Phi) is 4.48. The predicted molar refractivity (Wildman–Crippen MR) is 90.1 cm³/mol. The second-order valence-electron chi connectivity index (χ2n) is 6.54. The molecule has 0 aliphatic carbocycles. The molecule has 0 bridgehead atoms. The first-order chi connectivity index (χ1) is 11.0. The zero-order valence-corrected chi connectivity index (χ0v) is 13.8. The van der Waals surface area contributed by atoms with Gasteiger partial charge in [-0.2, -0.15) is 0 Å². The van der Waals surface area contributed by atoms with Crippen molar-refractivity contribution in [2.45, 2.75) is 39.3 Å². The molecular formula is C18H24N4O. The lowest BCUT2D eigenvalue weighted by Gasteiger charge is -2.37. The fraction of sp³-hybridized carbons (Fsp3) is 0.444. The summed E-state index contributed by atoms with van der Waals surface area (Å²) < 4.78 is 2.00. The standard InChI is InChI=1S/C18H24N4O/c1-13-9-17(21-8-7-20-12-21)6-5-15(13)10-22-11-16(18(19)23)4-3-14(22)2/h5-9,12,14,16H,3-4,10-11H2,1-2H3,(H2,19,23)/t14-,16+/m1/s1. The van der Waals surface area contributed by atoms with Crippen LogP contribution in [0.4, 0.5) is 0 Å². The summed E-state index contributed by atoms with van der Waals surface area (Å²) in [5.41, 5.74) is 9.17. The molecule has 5 heteroatoms. The largest absolute Gasteiger partial charge is 0.369 e.